The predicted molar refractivity (Wildman–Crippen MR) is 78.8 cm³/mol. The minimum Gasteiger partial charge on any atom is -0.484 e. The Balaban J connectivity index is 1.61. The lowest BCUT2D eigenvalue weighted by molar-refractivity contribution is -0.118. The number of nitrogens with one attached hydrogen (secondary N) is 2. The summed E-state index contributed by atoms with van der Waals surface area (Å²) in [4.78, 5) is 14.8. The normalized spacial score (nSPS) is 10.5. The van der Waals surface area contributed by atoms with Crippen LogP contribution >= 0.6 is 0 Å². The zero-order valence-corrected chi connectivity index (χ0v) is 11.1. The van der Waals surface area contributed by atoms with Crippen molar-refractivity contribution in [2.75, 3.05) is 11.9 Å². The number of aromatic amines is 1. The molecule has 1 heterocycles. The van der Waals surface area contributed by atoms with Crippen molar-refractivity contribution in [3.63, 3.8) is 0 Å². The average molecular weight is 284 g/mol. The second kappa shape index (κ2) is 5.66. The summed E-state index contributed by atoms with van der Waals surface area (Å²) in [6.07, 6.45) is 1.83. The van der Waals surface area contributed by atoms with E-state index in [1.165, 1.54) is 12.1 Å². The van der Waals surface area contributed by atoms with Crippen LogP contribution in [0.3, 0.4) is 0 Å². The van der Waals surface area contributed by atoms with Crippen LogP contribution in [0.25, 0.3) is 10.9 Å². The van der Waals surface area contributed by atoms with Gasteiger partial charge in [-0.05, 0) is 36.4 Å². The number of rotatable bonds is 4. The fraction of sp³-hybridized carbons (Fsp3) is 0.0625. The van der Waals surface area contributed by atoms with Gasteiger partial charge in [0, 0.05) is 17.1 Å². The van der Waals surface area contributed by atoms with E-state index in [9.17, 15) is 9.18 Å². The van der Waals surface area contributed by atoms with Gasteiger partial charge in [-0.1, -0.05) is 12.1 Å². The van der Waals surface area contributed by atoms with Crippen LogP contribution in [-0.2, 0) is 4.79 Å². The van der Waals surface area contributed by atoms with Crippen LogP contribution in [0.2, 0.25) is 0 Å². The molecule has 0 aliphatic heterocycles. The minimum atomic E-state index is -0.473. The van der Waals surface area contributed by atoms with Crippen molar-refractivity contribution in [1.29, 1.82) is 0 Å². The smallest absolute Gasteiger partial charge is 0.262 e. The van der Waals surface area contributed by atoms with E-state index in [1.54, 1.807) is 18.2 Å². The van der Waals surface area contributed by atoms with E-state index >= 15 is 0 Å². The number of fused-ring (bicyclic) bond motifs is 1. The maximum atomic E-state index is 13.4. The molecule has 3 aromatic rings. The zero-order chi connectivity index (χ0) is 14.7. The third-order valence-corrected chi connectivity index (χ3v) is 3.04. The molecule has 0 saturated carbocycles. The van der Waals surface area contributed by atoms with Gasteiger partial charge >= 0.3 is 0 Å². The molecule has 2 aromatic carbocycles. The van der Waals surface area contributed by atoms with Crippen molar-refractivity contribution < 1.29 is 13.9 Å². The van der Waals surface area contributed by atoms with E-state index in [0.717, 1.165) is 10.9 Å². The summed E-state index contributed by atoms with van der Waals surface area (Å²) in [6.45, 7) is -0.176. The number of anilines is 1. The molecule has 2 N–H and O–H groups in total. The molecule has 0 fully saturated rings. The van der Waals surface area contributed by atoms with Gasteiger partial charge in [-0.25, -0.2) is 4.39 Å². The van der Waals surface area contributed by atoms with E-state index in [1.807, 2.05) is 24.4 Å². The van der Waals surface area contributed by atoms with Crippen LogP contribution in [0.5, 0.6) is 5.75 Å². The van der Waals surface area contributed by atoms with Crippen LogP contribution in [-0.4, -0.2) is 17.5 Å². The van der Waals surface area contributed by atoms with Gasteiger partial charge in [0.1, 0.15) is 11.6 Å². The fourth-order valence-corrected chi connectivity index (χ4v) is 2.02. The van der Waals surface area contributed by atoms with Gasteiger partial charge < -0.3 is 15.0 Å². The molecule has 0 unspecified atom stereocenters. The molecule has 0 aliphatic carbocycles. The number of hydrogen-bond donors (Lipinski definition) is 2. The summed E-state index contributed by atoms with van der Waals surface area (Å²) in [5.41, 5.74) is 1.14. The predicted octanol–water partition coefficient (Wildman–Crippen LogP) is 3.32. The second-order valence-corrected chi connectivity index (χ2v) is 4.54. The Morgan fingerprint density at radius 3 is 2.90 bits per heavy atom. The van der Waals surface area contributed by atoms with Crippen molar-refractivity contribution in [2.45, 2.75) is 0 Å². The summed E-state index contributed by atoms with van der Waals surface area (Å²) >= 11 is 0. The summed E-state index contributed by atoms with van der Waals surface area (Å²) in [6, 6.07) is 13.4. The quantitative estimate of drug-likeness (QED) is 0.772. The highest BCUT2D eigenvalue weighted by atomic mass is 19.1. The Morgan fingerprint density at radius 2 is 2.05 bits per heavy atom. The van der Waals surface area contributed by atoms with Crippen LogP contribution in [0.4, 0.5) is 10.1 Å². The molecule has 5 heteroatoms. The highest BCUT2D eigenvalue weighted by Gasteiger charge is 2.07. The molecule has 0 atom stereocenters. The van der Waals surface area contributed by atoms with Crippen molar-refractivity contribution in [1.82, 2.24) is 4.98 Å². The largest absolute Gasteiger partial charge is 0.484 e. The van der Waals surface area contributed by atoms with Crippen LogP contribution in [0.1, 0.15) is 0 Å². The number of benzene rings is 2. The first-order valence-electron chi connectivity index (χ1n) is 6.47. The number of hydrogen-bond acceptors (Lipinski definition) is 2. The highest BCUT2D eigenvalue weighted by Crippen LogP contribution is 2.19. The van der Waals surface area contributed by atoms with Gasteiger partial charge in [0.05, 0.1) is 5.69 Å². The molecule has 1 amide bonds. The average Bonchev–Trinajstić information content (AvgIpc) is 2.95. The van der Waals surface area contributed by atoms with E-state index in [0.29, 0.717) is 5.75 Å². The Labute approximate surface area is 120 Å². The van der Waals surface area contributed by atoms with E-state index in [2.05, 4.69) is 10.3 Å². The minimum absolute atomic E-state index is 0.146. The molecule has 4 nitrogen and oxygen atoms in total. The molecule has 0 saturated heterocycles. The number of aromatic nitrogens is 1. The lowest BCUT2D eigenvalue weighted by Crippen LogP contribution is -2.20. The van der Waals surface area contributed by atoms with E-state index in [4.69, 9.17) is 4.74 Å². The lowest BCUT2D eigenvalue weighted by Gasteiger charge is -2.08. The van der Waals surface area contributed by atoms with Gasteiger partial charge in [0.2, 0.25) is 0 Å². The summed E-state index contributed by atoms with van der Waals surface area (Å²) < 4.78 is 18.8. The number of carbonyl (C=O) groups is 1. The van der Waals surface area contributed by atoms with Crippen molar-refractivity contribution >= 4 is 22.5 Å². The zero-order valence-electron chi connectivity index (χ0n) is 11.1. The first-order valence-corrected chi connectivity index (χ1v) is 6.47. The Hall–Kier alpha value is -2.82. The van der Waals surface area contributed by atoms with Crippen molar-refractivity contribution in [3.05, 3.63) is 60.5 Å². The number of carbonyl (C=O) groups excluding carboxylic acids is 1. The highest BCUT2D eigenvalue weighted by molar-refractivity contribution is 5.92. The Kier molecular flexibility index (Phi) is 3.55. The first-order chi connectivity index (χ1) is 10.2. The van der Waals surface area contributed by atoms with Crippen molar-refractivity contribution in [3.8, 4) is 5.75 Å². The number of H-pyrrole nitrogens is 1. The third-order valence-electron chi connectivity index (χ3n) is 3.04. The van der Waals surface area contributed by atoms with Gasteiger partial charge in [-0.2, -0.15) is 0 Å². The molecule has 0 bridgehead atoms. The molecule has 106 valence electrons. The molecular weight excluding hydrogens is 271 g/mol. The van der Waals surface area contributed by atoms with Gasteiger partial charge in [0.15, 0.2) is 6.61 Å². The fourth-order valence-electron chi connectivity index (χ4n) is 2.02. The molecule has 3 rings (SSSR count). The van der Waals surface area contributed by atoms with E-state index < -0.39 is 11.7 Å². The SMILES string of the molecule is O=C(COc1ccc2[nH]ccc2c1)Nc1ccccc1F. The molecule has 0 aliphatic rings. The standard InChI is InChI=1S/C16H13FN2O2/c17-13-3-1-2-4-15(13)19-16(20)10-21-12-5-6-14-11(9-12)7-8-18-14/h1-9,18H,10H2,(H,19,20). The molecular formula is C16H13FN2O2. The summed E-state index contributed by atoms with van der Waals surface area (Å²) in [5, 5.41) is 3.47. The summed E-state index contributed by atoms with van der Waals surface area (Å²) in [7, 11) is 0. The monoisotopic (exact) mass is 284 g/mol. The number of para-hydroxylation sites is 1. The number of ether oxygens (including phenoxy) is 1. The molecule has 0 radical (unpaired) electrons. The van der Waals surface area contributed by atoms with Gasteiger partial charge in [-0.15, -0.1) is 0 Å². The molecule has 0 spiro atoms. The number of halogens is 1. The van der Waals surface area contributed by atoms with Gasteiger partial charge in [0.25, 0.3) is 5.91 Å². The lowest BCUT2D eigenvalue weighted by atomic mass is 10.2. The maximum absolute atomic E-state index is 13.4. The Bertz CT molecular complexity index is 783. The third kappa shape index (κ3) is 3.02. The maximum Gasteiger partial charge on any atom is 0.262 e. The van der Waals surface area contributed by atoms with E-state index in [-0.39, 0.29) is 12.3 Å². The van der Waals surface area contributed by atoms with Crippen molar-refractivity contribution in [2.24, 2.45) is 0 Å². The van der Waals surface area contributed by atoms with Crippen LogP contribution in [0, 0.1) is 5.82 Å². The Morgan fingerprint density at radius 1 is 1.19 bits per heavy atom. The van der Waals surface area contributed by atoms with Crippen LogP contribution in [0.15, 0.2) is 54.7 Å². The number of amides is 1. The molecule has 21 heavy (non-hydrogen) atoms. The topological polar surface area (TPSA) is 54.1 Å². The summed E-state index contributed by atoms with van der Waals surface area (Å²) in [5.74, 6) is -0.292. The van der Waals surface area contributed by atoms with Gasteiger partial charge in [-0.3, -0.25) is 4.79 Å². The van der Waals surface area contributed by atoms with Crippen LogP contribution < -0.4 is 10.1 Å². The first kappa shape index (κ1) is 13.2. The molecule has 1 aromatic heterocycles. The second-order valence-electron chi connectivity index (χ2n) is 4.54.